The van der Waals surface area contributed by atoms with Crippen molar-refractivity contribution in [3.8, 4) is 0 Å². The molecule has 4 amide bonds. The van der Waals surface area contributed by atoms with Crippen LogP contribution in [-0.4, -0.2) is 94.6 Å². The summed E-state index contributed by atoms with van der Waals surface area (Å²) in [5.74, 6) is -4.50. The number of carbonyl (C=O) groups is 5. The summed E-state index contributed by atoms with van der Waals surface area (Å²) in [5, 5.41) is 25.9. The monoisotopic (exact) mass is 520 g/mol. The molecule has 0 aromatic rings. The van der Waals surface area contributed by atoms with Crippen molar-refractivity contribution in [1.82, 2.24) is 16.0 Å². The molecule has 35 heavy (non-hydrogen) atoms. The molecule has 0 aromatic carbocycles. The van der Waals surface area contributed by atoms with Gasteiger partial charge in [0, 0.05) is 6.54 Å². The van der Waals surface area contributed by atoms with Crippen molar-refractivity contribution < 1.29 is 34.2 Å². The Morgan fingerprint density at radius 2 is 1.43 bits per heavy atom. The van der Waals surface area contributed by atoms with E-state index in [9.17, 15) is 34.2 Å². The molecule has 0 bridgehead atoms. The number of hydrogen-bond acceptors (Lipinski definition) is 9. The Kier molecular flexibility index (Phi) is 15.0. The van der Waals surface area contributed by atoms with Crippen LogP contribution in [0.2, 0.25) is 0 Å². The number of amides is 4. The molecule has 13 N–H and O–H groups in total. The number of aliphatic imine (C=N–C) groups is 1. The number of aliphatic hydroxyl groups excluding tert-OH is 1. The van der Waals surface area contributed by atoms with Crippen molar-refractivity contribution in [2.45, 2.75) is 62.9 Å². The molecule has 0 aliphatic heterocycles. The van der Waals surface area contributed by atoms with Crippen LogP contribution in [0.1, 0.15) is 32.6 Å². The second-order valence-corrected chi connectivity index (χ2v) is 8.67. The molecule has 0 radical (unpaired) electrons. The van der Waals surface area contributed by atoms with E-state index in [2.05, 4.69) is 20.9 Å². The minimum atomic E-state index is -1.58. The fourth-order valence-electron chi connectivity index (χ4n) is 2.71. The molecule has 0 aliphatic carbocycles. The minimum Gasteiger partial charge on any atom is -0.480 e. The molecule has 15 nitrogen and oxygen atoms in total. The highest BCUT2D eigenvalue weighted by atomic mass is 32.2. The highest BCUT2D eigenvalue weighted by Crippen LogP contribution is 2.06. The van der Waals surface area contributed by atoms with E-state index in [1.165, 1.54) is 18.7 Å². The van der Waals surface area contributed by atoms with Crippen LogP contribution in [0.4, 0.5) is 0 Å². The maximum Gasteiger partial charge on any atom is 0.326 e. The molecule has 0 aliphatic rings. The third-order valence-corrected chi connectivity index (χ3v) is 5.31. The van der Waals surface area contributed by atoms with Gasteiger partial charge in [0.25, 0.3) is 0 Å². The minimum absolute atomic E-state index is 0.0666. The van der Waals surface area contributed by atoms with Crippen LogP contribution in [0, 0.1) is 0 Å². The largest absolute Gasteiger partial charge is 0.480 e. The van der Waals surface area contributed by atoms with Crippen LogP contribution >= 0.6 is 11.8 Å². The van der Waals surface area contributed by atoms with Gasteiger partial charge in [0.05, 0.1) is 12.5 Å². The topological polar surface area (TPSA) is 278 Å². The summed E-state index contributed by atoms with van der Waals surface area (Å²) < 4.78 is 0. The number of nitrogens with zero attached hydrogens (tertiary/aromatic N) is 1. The lowest BCUT2D eigenvalue weighted by atomic mass is 10.1. The molecule has 0 fully saturated rings. The van der Waals surface area contributed by atoms with Crippen molar-refractivity contribution in [3.63, 3.8) is 0 Å². The second-order valence-electron chi connectivity index (χ2n) is 7.69. The highest BCUT2D eigenvalue weighted by molar-refractivity contribution is 7.98. The quantitative estimate of drug-likeness (QED) is 0.0505. The summed E-state index contributed by atoms with van der Waals surface area (Å²) >= 11 is 1.38. The molecule has 0 aromatic heterocycles. The van der Waals surface area contributed by atoms with Crippen molar-refractivity contribution in [3.05, 3.63) is 0 Å². The van der Waals surface area contributed by atoms with E-state index >= 15 is 0 Å². The van der Waals surface area contributed by atoms with Crippen LogP contribution in [-0.2, 0) is 24.0 Å². The predicted molar refractivity (Wildman–Crippen MR) is 130 cm³/mol. The lowest BCUT2D eigenvalue weighted by Crippen LogP contribution is -2.58. The number of hydrogen-bond donors (Lipinski definition) is 9. The maximum atomic E-state index is 13.0. The van der Waals surface area contributed by atoms with Crippen LogP contribution in [0.5, 0.6) is 0 Å². The number of carbonyl (C=O) groups excluding carboxylic acids is 4. The number of nitrogens with two attached hydrogens (primary N) is 4. The molecule has 5 atom stereocenters. The van der Waals surface area contributed by atoms with Crippen LogP contribution in [0.25, 0.3) is 0 Å². The predicted octanol–water partition coefficient (Wildman–Crippen LogP) is -4.08. The number of rotatable bonds is 17. The van der Waals surface area contributed by atoms with Gasteiger partial charge in [-0.2, -0.15) is 11.8 Å². The Labute approximate surface area is 207 Å². The SMILES string of the molecule is CSCCC(NC(=O)C(CCCN=C(N)N)NC(=O)C(N)C(C)O)C(=O)NC(CC(N)=O)C(=O)O. The van der Waals surface area contributed by atoms with Crippen LogP contribution in [0.3, 0.4) is 0 Å². The van der Waals surface area contributed by atoms with Gasteiger partial charge in [-0.3, -0.25) is 24.2 Å². The first-order chi connectivity index (χ1) is 16.3. The zero-order chi connectivity index (χ0) is 27.1. The van der Waals surface area contributed by atoms with E-state index in [1.54, 1.807) is 6.26 Å². The first kappa shape index (κ1) is 31.9. The number of nitrogens with one attached hydrogen (secondary N) is 3. The zero-order valence-electron chi connectivity index (χ0n) is 19.7. The van der Waals surface area contributed by atoms with E-state index in [1.807, 2.05) is 0 Å². The van der Waals surface area contributed by atoms with E-state index in [4.69, 9.17) is 22.9 Å². The molecule has 0 spiro atoms. The number of primary amides is 1. The summed E-state index contributed by atoms with van der Waals surface area (Å²) in [6.45, 7) is 1.47. The maximum absolute atomic E-state index is 13.0. The Morgan fingerprint density at radius 3 is 1.89 bits per heavy atom. The fourth-order valence-corrected chi connectivity index (χ4v) is 3.18. The summed E-state index contributed by atoms with van der Waals surface area (Å²) in [6, 6.07) is -5.21. The van der Waals surface area contributed by atoms with Crippen LogP contribution in [0.15, 0.2) is 4.99 Å². The number of carboxylic acid groups (broad SMARTS) is 1. The second kappa shape index (κ2) is 16.5. The average Bonchev–Trinajstić information content (AvgIpc) is 2.76. The van der Waals surface area contributed by atoms with E-state index in [-0.39, 0.29) is 31.8 Å². The van der Waals surface area contributed by atoms with E-state index < -0.39 is 66.3 Å². The molecule has 0 saturated heterocycles. The number of aliphatic carboxylic acids is 1. The Bertz CT molecular complexity index is 776. The van der Waals surface area contributed by atoms with Gasteiger partial charge in [-0.15, -0.1) is 0 Å². The molecule has 0 saturated carbocycles. The van der Waals surface area contributed by atoms with Crippen molar-refractivity contribution in [2.24, 2.45) is 27.9 Å². The number of aliphatic hydroxyl groups is 1. The van der Waals surface area contributed by atoms with E-state index in [0.717, 1.165) is 0 Å². The average molecular weight is 521 g/mol. The third kappa shape index (κ3) is 13.4. The van der Waals surface area contributed by atoms with Gasteiger partial charge >= 0.3 is 5.97 Å². The van der Waals surface area contributed by atoms with Gasteiger partial charge < -0.3 is 49.1 Å². The van der Waals surface area contributed by atoms with Crippen molar-refractivity contribution in [2.75, 3.05) is 18.6 Å². The van der Waals surface area contributed by atoms with Gasteiger partial charge in [0.2, 0.25) is 23.6 Å². The first-order valence-electron chi connectivity index (χ1n) is 10.7. The summed E-state index contributed by atoms with van der Waals surface area (Å²) in [7, 11) is 0. The van der Waals surface area contributed by atoms with Crippen molar-refractivity contribution in [1.29, 1.82) is 0 Å². The van der Waals surface area contributed by atoms with Crippen molar-refractivity contribution >= 4 is 47.3 Å². The zero-order valence-corrected chi connectivity index (χ0v) is 20.5. The lowest BCUT2D eigenvalue weighted by Gasteiger charge is -2.25. The highest BCUT2D eigenvalue weighted by Gasteiger charge is 2.31. The van der Waals surface area contributed by atoms with Gasteiger partial charge in [-0.05, 0) is 38.2 Å². The van der Waals surface area contributed by atoms with Crippen LogP contribution < -0.4 is 38.9 Å². The third-order valence-electron chi connectivity index (χ3n) is 4.66. The molecule has 0 rings (SSSR count). The molecular weight excluding hydrogens is 484 g/mol. The number of guanidine groups is 1. The first-order valence-corrected chi connectivity index (χ1v) is 12.1. The van der Waals surface area contributed by atoms with Gasteiger partial charge in [0.1, 0.15) is 24.2 Å². The van der Waals surface area contributed by atoms with Gasteiger partial charge in [-0.1, -0.05) is 0 Å². The Balaban J connectivity index is 5.58. The smallest absolute Gasteiger partial charge is 0.326 e. The summed E-state index contributed by atoms with van der Waals surface area (Å²) in [6.07, 6.45) is 0.431. The van der Waals surface area contributed by atoms with Gasteiger partial charge in [0.15, 0.2) is 5.96 Å². The number of carboxylic acids is 1. The summed E-state index contributed by atoms with van der Waals surface area (Å²) in [5.41, 5.74) is 21.2. The molecule has 200 valence electrons. The molecule has 16 heteroatoms. The number of thioether (sulfide) groups is 1. The fraction of sp³-hybridized carbons (Fsp3) is 0.684. The molecule has 0 heterocycles. The Morgan fingerprint density at radius 1 is 0.914 bits per heavy atom. The van der Waals surface area contributed by atoms with Gasteiger partial charge in [-0.25, -0.2) is 4.79 Å². The Hall–Kier alpha value is -3.11. The summed E-state index contributed by atoms with van der Waals surface area (Å²) in [4.78, 5) is 64.3. The lowest BCUT2D eigenvalue weighted by molar-refractivity contribution is -0.143. The molecule has 5 unspecified atom stereocenters. The standard InChI is InChI=1S/C19H36N8O7S/c1-9(28)14(21)17(32)26-10(4-3-6-24-19(22)23)15(30)25-11(5-7-35-2)16(31)27-12(18(33)34)8-13(20)29/h9-12,14,28H,3-8,21H2,1-2H3,(H2,20,29)(H,25,30)(H,26,32)(H,27,31)(H,33,34)(H4,22,23,24). The normalized spacial score (nSPS) is 15.0. The molecular formula is C19H36N8O7S. The van der Waals surface area contributed by atoms with E-state index in [0.29, 0.717) is 5.75 Å².